The van der Waals surface area contributed by atoms with Crippen molar-refractivity contribution < 1.29 is 14.0 Å². The average molecular weight is 395 g/mol. The summed E-state index contributed by atoms with van der Waals surface area (Å²) >= 11 is 0. The van der Waals surface area contributed by atoms with Crippen LogP contribution in [-0.4, -0.2) is 31.1 Å². The van der Waals surface area contributed by atoms with Gasteiger partial charge in [0.2, 0.25) is 0 Å². The SMILES string of the molecule is Fc1ccc(C2=NOC(CNC3CCC(c4ccc5c(c4)OCN5)CC3)C2)cc1. The van der Waals surface area contributed by atoms with Gasteiger partial charge in [0.1, 0.15) is 17.7 Å². The summed E-state index contributed by atoms with van der Waals surface area (Å²) in [5.74, 6) is 1.36. The van der Waals surface area contributed by atoms with Crippen LogP contribution in [0.4, 0.5) is 10.1 Å². The third-order valence-electron chi connectivity index (χ3n) is 6.24. The van der Waals surface area contributed by atoms with Crippen molar-refractivity contribution in [3.05, 3.63) is 59.4 Å². The van der Waals surface area contributed by atoms with E-state index in [9.17, 15) is 4.39 Å². The first kappa shape index (κ1) is 18.4. The maximum atomic E-state index is 13.1. The summed E-state index contributed by atoms with van der Waals surface area (Å²) in [5, 5.41) is 11.1. The van der Waals surface area contributed by atoms with E-state index in [1.807, 2.05) is 0 Å². The molecule has 2 aromatic rings. The molecule has 2 aromatic carbocycles. The maximum absolute atomic E-state index is 13.1. The van der Waals surface area contributed by atoms with Crippen LogP contribution < -0.4 is 15.4 Å². The largest absolute Gasteiger partial charge is 0.471 e. The van der Waals surface area contributed by atoms with Crippen LogP contribution in [0, 0.1) is 5.82 Å². The lowest BCUT2D eigenvalue weighted by Gasteiger charge is -2.30. The molecule has 5 rings (SSSR count). The van der Waals surface area contributed by atoms with Crippen LogP contribution >= 0.6 is 0 Å². The van der Waals surface area contributed by atoms with Gasteiger partial charge in [-0.25, -0.2) is 4.39 Å². The Kier molecular flexibility index (Phi) is 5.10. The number of fused-ring (bicyclic) bond motifs is 1. The van der Waals surface area contributed by atoms with Crippen LogP contribution in [0.1, 0.15) is 49.1 Å². The van der Waals surface area contributed by atoms with Gasteiger partial charge in [-0.05, 0) is 67.0 Å². The molecule has 2 heterocycles. The molecule has 1 aliphatic carbocycles. The number of oxime groups is 1. The Morgan fingerprint density at radius 3 is 2.72 bits per heavy atom. The lowest BCUT2D eigenvalue weighted by Crippen LogP contribution is -2.38. The molecule has 1 fully saturated rings. The van der Waals surface area contributed by atoms with Crippen LogP contribution in [0.2, 0.25) is 0 Å². The second kappa shape index (κ2) is 8.03. The van der Waals surface area contributed by atoms with Crippen molar-refractivity contribution in [2.75, 3.05) is 18.6 Å². The van der Waals surface area contributed by atoms with Crippen molar-refractivity contribution in [3.63, 3.8) is 0 Å². The minimum atomic E-state index is -0.230. The first-order valence-electron chi connectivity index (χ1n) is 10.5. The molecule has 1 unspecified atom stereocenters. The van der Waals surface area contributed by atoms with Gasteiger partial charge in [0.25, 0.3) is 0 Å². The van der Waals surface area contributed by atoms with Gasteiger partial charge >= 0.3 is 0 Å². The molecule has 0 bridgehead atoms. The van der Waals surface area contributed by atoms with Gasteiger partial charge in [-0.15, -0.1) is 0 Å². The number of hydrogen-bond donors (Lipinski definition) is 2. The van der Waals surface area contributed by atoms with E-state index >= 15 is 0 Å². The predicted molar refractivity (Wildman–Crippen MR) is 111 cm³/mol. The Labute approximate surface area is 170 Å². The lowest BCUT2D eigenvalue weighted by atomic mass is 9.81. The van der Waals surface area contributed by atoms with Crippen LogP contribution in [0.3, 0.4) is 0 Å². The van der Waals surface area contributed by atoms with E-state index in [1.165, 1.54) is 43.4 Å². The summed E-state index contributed by atoms with van der Waals surface area (Å²) in [6, 6.07) is 13.5. The van der Waals surface area contributed by atoms with Gasteiger partial charge in [-0.2, -0.15) is 0 Å². The molecular formula is C23H26FN3O2. The van der Waals surface area contributed by atoms with Gasteiger partial charge in [-0.1, -0.05) is 23.4 Å². The van der Waals surface area contributed by atoms with E-state index in [2.05, 4.69) is 34.0 Å². The zero-order valence-corrected chi connectivity index (χ0v) is 16.4. The number of hydrogen-bond acceptors (Lipinski definition) is 5. The topological polar surface area (TPSA) is 54.9 Å². The average Bonchev–Trinajstić information content (AvgIpc) is 3.42. The lowest BCUT2D eigenvalue weighted by molar-refractivity contribution is 0.0811. The molecule has 2 aliphatic heterocycles. The molecule has 5 nitrogen and oxygen atoms in total. The standard InChI is InChI=1S/C23H26FN3O2/c24-18-6-1-16(2-7-18)22-12-20(29-27-22)13-25-19-8-3-15(4-9-19)17-5-10-21-23(11-17)28-14-26-21/h1-2,5-7,10-11,15,19-20,25-26H,3-4,8-9,12-14H2. The number of anilines is 1. The molecule has 0 spiro atoms. The van der Waals surface area contributed by atoms with Gasteiger partial charge < -0.3 is 20.2 Å². The van der Waals surface area contributed by atoms with E-state index in [0.29, 0.717) is 18.7 Å². The Balaban J connectivity index is 1.08. The van der Waals surface area contributed by atoms with Crippen molar-refractivity contribution in [2.24, 2.45) is 5.16 Å². The molecule has 29 heavy (non-hydrogen) atoms. The van der Waals surface area contributed by atoms with E-state index in [1.54, 1.807) is 12.1 Å². The molecule has 2 N–H and O–H groups in total. The highest BCUT2D eigenvalue weighted by Gasteiger charge is 2.26. The van der Waals surface area contributed by atoms with Crippen molar-refractivity contribution in [2.45, 2.75) is 50.2 Å². The molecule has 152 valence electrons. The monoisotopic (exact) mass is 395 g/mol. The van der Waals surface area contributed by atoms with Crippen LogP contribution in [0.5, 0.6) is 5.75 Å². The third-order valence-corrected chi connectivity index (χ3v) is 6.24. The van der Waals surface area contributed by atoms with Crippen molar-refractivity contribution in [1.29, 1.82) is 0 Å². The molecular weight excluding hydrogens is 369 g/mol. The zero-order chi connectivity index (χ0) is 19.6. The summed E-state index contributed by atoms with van der Waals surface area (Å²) in [4.78, 5) is 5.59. The number of halogens is 1. The Morgan fingerprint density at radius 2 is 1.90 bits per heavy atom. The molecule has 0 amide bonds. The Hall–Kier alpha value is -2.60. The quantitative estimate of drug-likeness (QED) is 0.788. The summed E-state index contributed by atoms with van der Waals surface area (Å²) in [6.45, 7) is 1.37. The number of benzene rings is 2. The van der Waals surface area contributed by atoms with E-state index in [4.69, 9.17) is 9.57 Å². The smallest absolute Gasteiger partial charge is 0.159 e. The molecule has 6 heteroatoms. The summed E-state index contributed by atoms with van der Waals surface area (Å²) in [5.41, 5.74) is 4.32. The summed E-state index contributed by atoms with van der Waals surface area (Å²) < 4.78 is 18.7. The van der Waals surface area contributed by atoms with Gasteiger partial charge in [0.15, 0.2) is 6.73 Å². The molecule has 1 atom stereocenters. The first-order chi connectivity index (χ1) is 14.2. The van der Waals surface area contributed by atoms with Gasteiger partial charge in [0.05, 0.1) is 11.4 Å². The van der Waals surface area contributed by atoms with Gasteiger partial charge in [-0.3, -0.25) is 0 Å². The number of rotatable bonds is 5. The van der Waals surface area contributed by atoms with Gasteiger partial charge in [0, 0.05) is 19.0 Å². The van der Waals surface area contributed by atoms with E-state index in [-0.39, 0.29) is 11.9 Å². The second-order valence-corrected chi connectivity index (χ2v) is 8.15. The Morgan fingerprint density at radius 1 is 1.07 bits per heavy atom. The molecule has 3 aliphatic rings. The fraction of sp³-hybridized carbons (Fsp3) is 0.435. The maximum Gasteiger partial charge on any atom is 0.159 e. The zero-order valence-electron chi connectivity index (χ0n) is 16.4. The van der Waals surface area contributed by atoms with Crippen molar-refractivity contribution in [1.82, 2.24) is 5.32 Å². The number of ether oxygens (including phenoxy) is 1. The minimum Gasteiger partial charge on any atom is -0.471 e. The number of nitrogens with one attached hydrogen (secondary N) is 2. The highest BCUT2D eigenvalue weighted by Crippen LogP contribution is 2.38. The molecule has 0 radical (unpaired) electrons. The normalized spacial score (nSPS) is 25.6. The minimum absolute atomic E-state index is 0.0501. The molecule has 0 saturated heterocycles. The first-order valence-corrected chi connectivity index (χ1v) is 10.5. The summed E-state index contributed by atoms with van der Waals surface area (Å²) in [6.07, 6.45) is 5.52. The fourth-order valence-electron chi connectivity index (χ4n) is 4.53. The van der Waals surface area contributed by atoms with Crippen molar-refractivity contribution in [3.8, 4) is 5.75 Å². The number of nitrogens with zero attached hydrogens (tertiary/aromatic N) is 1. The van der Waals surface area contributed by atoms with E-state index < -0.39 is 0 Å². The second-order valence-electron chi connectivity index (χ2n) is 8.15. The highest BCUT2D eigenvalue weighted by molar-refractivity contribution is 6.01. The summed E-state index contributed by atoms with van der Waals surface area (Å²) in [7, 11) is 0. The third kappa shape index (κ3) is 4.08. The predicted octanol–water partition coefficient (Wildman–Crippen LogP) is 4.40. The van der Waals surface area contributed by atoms with E-state index in [0.717, 1.165) is 35.7 Å². The van der Waals surface area contributed by atoms with Crippen molar-refractivity contribution >= 4 is 11.4 Å². The fourth-order valence-corrected chi connectivity index (χ4v) is 4.53. The molecule has 0 aromatic heterocycles. The van der Waals surface area contributed by atoms with Crippen LogP contribution in [0.25, 0.3) is 0 Å². The Bertz CT molecular complexity index is 891. The van der Waals surface area contributed by atoms with Crippen LogP contribution in [0.15, 0.2) is 47.6 Å². The van der Waals surface area contributed by atoms with Crippen LogP contribution in [-0.2, 0) is 4.84 Å². The highest BCUT2D eigenvalue weighted by atomic mass is 19.1. The molecule has 1 saturated carbocycles.